The third-order valence-corrected chi connectivity index (χ3v) is 4.94. The number of hydrogen-bond acceptors (Lipinski definition) is 5. The molecule has 1 aromatic heterocycles. The highest BCUT2D eigenvalue weighted by Gasteiger charge is 2.35. The third kappa shape index (κ3) is 3.59. The van der Waals surface area contributed by atoms with E-state index in [-0.39, 0.29) is 18.2 Å². The first-order valence-corrected chi connectivity index (χ1v) is 9.10. The van der Waals surface area contributed by atoms with Crippen LogP contribution >= 0.6 is 11.6 Å². The van der Waals surface area contributed by atoms with Crippen molar-refractivity contribution in [2.24, 2.45) is 5.92 Å². The van der Waals surface area contributed by atoms with Gasteiger partial charge < -0.3 is 10.2 Å². The van der Waals surface area contributed by atoms with E-state index in [9.17, 15) is 9.59 Å². The molecule has 2 aromatic carbocycles. The Bertz CT molecular complexity index is 1040. The molecule has 1 atom stereocenters. The molecule has 1 aliphatic rings. The molecular weight excluding hydrogens is 380 g/mol. The minimum absolute atomic E-state index is 0.0958. The number of nitrogens with zero attached hydrogens (tertiary/aromatic N) is 5. The van der Waals surface area contributed by atoms with Gasteiger partial charge in [-0.25, -0.2) is 4.68 Å². The Morgan fingerprint density at radius 1 is 1.21 bits per heavy atom. The van der Waals surface area contributed by atoms with Crippen LogP contribution in [0.25, 0.3) is 5.69 Å². The van der Waals surface area contributed by atoms with Gasteiger partial charge in [-0.05, 0) is 53.2 Å². The molecule has 0 radical (unpaired) electrons. The van der Waals surface area contributed by atoms with Crippen molar-refractivity contribution in [3.05, 3.63) is 59.4 Å². The molecule has 1 saturated heterocycles. The number of benzene rings is 2. The van der Waals surface area contributed by atoms with Gasteiger partial charge in [0, 0.05) is 29.4 Å². The van der Waals surface area contributed by atoms with E-state index in [0.29, 0.717) is 22.9 Å². The normalized spacial score (nSPS) is 16.4. The van der Waals surface area contributed by atoms with Gasteiger partial charge in [-0.3, -0.25) is 9.59 Å². The fraction of sp³-hybridized carbons (Fsp3) is 0.211. The second-order valence-corrected chi connectivity index (χ2v) is 7.06. The van der Waals surface area contributed by atoms with Crippen LogP contribution in [0.2, 0.25) is 5.02 Å². The van der Waals surface area contributed by atoms with E-state index in [1.165, 1.54) is 11.0 Å². The van der Waals surface area contributed by atoms with Gasteiger partial charge in [0.25, 0.3) is 0 Å². The summed E-state index contributed by atoms with van der Waals surface area (Å²) in [4.78, 5) is 26.8. The number of hydrogen-bond donors (Lipinski definition) is 1. The Morgan fingerprint density at radius 3 is 2.82 bits per heavy atom. The summed E-state index contributed by atoms with van der Waals surface area (Å²) in [7, 11) is 0. The second-order valence-electron chi connectivity index (χ2n) is 6.63. The van der Waals surface area contributed by atoms with Gasteiger partial charge in [0.2, 0.25) is 11.8 Å². The molecule has 2 amide bonds. The summed E-state index contributed by atoms with van der Waals surface area (Å²) in [6.45, 7) is 2.22. The largest absolute Gasteiger partial charge is 0.325 e. The Kier molecular flexibility index (Phi) is 4.79. The number of aromatic nitrogens is 4. The summed E-state index contributed by atoms with van der Waals surface area (Å²) in [6, 6.07) is 12.6. The van der Waals surface area contributed by atoms with Gasteiger partial charge in [0.1, 0.15) is 6.33 Å². The highest BCUT2D eigenvalue weighted by atomic mass is 35.5. The van der Waals surface area contributed by atoms with Crippen molar-refractivity contribution < 1.29 is 9.59 Å². The zero-order valence-electron chi connectivity index (χ0n) is 15.0. The average Bonchev–Trinajstić information content (AvgIpc) is 3.33. The van der Waals surface area contributed by atoms with Gasteiger partial charge in [-0.2, -0.15) is 0 Å². The highest BCUT2D eigenvalue weighted by molar-refractivity contribution is 6.31. The van der Waals surface area contributed by atoms with Gasteiger partial charge >= 0.3 is 0 Å². The van der Waals surface area contributed by atoms with Gasteiger partial charge in [0.15, 0.2) is 0 Å². The Morgan fingerprint density at radius 2 is 2.07 bits per heavy atom. The first-order valence-electron chi connectivity index (χ1n) is 8.72. The summed E-state index contributed by atoms with van der Waals surface area (Å²) in [6.07, 6.45) is 1.64. The molecule has 3 aromatic rings. The maximum absolute atomic E-state index is 12.8. The summed E-state index contributed by atoms with van der Waals surface area (Å²) < 4.78 is 1.51. The first kappa shape index (κ1) is 18.1. The molecule has 0 bridgehead atoms. The van der Waals surface area contributed by atoms with Gasteiger partial charge in [-0.15, -0.1) is 5.10 Å². The number of tetrazole rings is 1. The van der Waals surface area contributed by atoms with Gasteiger partial charge in [0.05, 0.1) is 11.6 Å². The summed E-state index contributed by atoms with van der Waals surface area (Å²) >= 11 is 6.02. The predicted molar refractivity (Wildman–Crippen MR) is 104 cm³/mol. The minimum atomic E-state index is -0.442. The number of carbonyl (C=O) groups excluding carboxylic acids is 2. The lowest BCUT2D eigenvalue weighted by Gasteiger charge is -2.17. The van der Waals surface area contributed by atoms with Crippen molar-refractivity contribution in [1.82, 2.24) is 20.2 Å². The van der Waals surface area contributed by atoms with E-state index in [1.54, 1.807) is 29.2 Å². The summed E-state index contributed by atoms with van der Waals surface area (Å²) in [5.74, 6) is -0.737. The maximum atomic E-state index is 12.8. The van der Waals surface area contributed by atoms with Crippen LogP contribution < -0.4 is 10.2 Å². The van der Waals surface area contributed by atoms with Crippen LogP contribution in [0.3, 0.4) is 0 Å². The fourth-order valence-electron chi connectivity index (χ4n) is 3.18. The second kappa shape index (κ2) is 7.40. The summed E-state index contributed by atoms with van der Waals surface area (Å²) in [5.41, 5.74) is 2.99. The van der Waals surface area contributed by atoms with E-state index in [2.05, 4.69) is 20.8 Å². The van der Waals surface area contributed by atoms with Crippen molar-refractivity contribution in [2.75, 3.05) is 16.8 Å². The van der Waals surface area contributed by atoms with Gasteiger partial charge in [-0.1, -0.05) is 23.7 Å². The Labute approximate surface area is 166 Å². The predicted octanol–water partition coefficient (Wildman–Crippen LogP) is 2.62. The lowest BCUT2D eigenvalue weighted by atomic mass is 10.1. The molecule has 28 heavy (non-hydrogen) atoms. The van der Waals surface area contributed by atoms with Crippen molar-refractivity contribution in [1.29, 1.82) is 0 Å². The maximum Gasteiger partial charge on any atom is 0.229 e. The molecule has 4 rings (SSSR count). The van der Waals surface area contributed by atoms with Crippen LogP contribution in [0.5, 0.6) is 0 Å². The molecule has 1 N–H and O–H groups in total. The molecule has 9 heteroatoms. The molecule has 1 fully saturated rings. The smallest absolute Gasteiger partial charge is 0.229 e. The number of rotatable bonds is 4. The molecule has 0 spiro atoms. The molecular formula is C19H17ClN6O2. The van der Waals surface area contributed by atoms with Crippen LogP contribution in [0.15, 0.2) is 48.8 Å². The number of halogens is 1. The Hall–Kier alpha value is -3.26. The highest BCUT2D eigenvalue weighted by Crippen LogP contribution is 2.28. The van der Waals surface area contributed by atoms with Crippen LogP contribution in [0, 0.1) is 12.8 Å². The molecule has 0 saturated carbocycles. The van der Waals surface area contributed by atoms with Crippen LogP contribution in [0.4, 0.5) is 11.4 Å². The van der Waals surface area contributed by atoms with Crippen molar-refractivity contribution in [2.45, 2.75) is 13.3 Å². The first-order chi connectivity index (χ1) is 13.5. The quantitative estimate of drug-likeness (QED) is 0.731. The van der Waals surface area contributed by atoms with E-state index >= 15 is 0 Å². The molecule has 142 valence electrons. The number of amides is 2. The van der Waals surface area contributed by atoms with E-state index in [4.69, 9.17) is 11.6 Å². The monoisotopic (exact) mass is 396 g/mol. The van der Waals surface area contributed by atoms with E-state index in [0.717, 1.165) is 11.3 Å². The molecule has 0 aliphatic carbocycles. The lowest BCUT2D eigenvalue weighted by molar-refractivity contribution is -0.122. The van der Waals surface area contributed by atoms with E-state index < -0.39 is 5.92 Å². The molecule has 1 aliphatic heterocycles. The fourth-order valence-corrected chi connectivity index (χ4v) is 3.36. The minimum Gasteiger partial charge on any atom is -0.325 e. The van der Waals surface area contributed by atoms with Crippen molar-refractivity contribution >= 4 is 34.8 Å². The average molecular weight is 397 g/mol. The topological polar surface area (TPSA) is 93.0 Å². The molecule has 8 nitrogen and oxygen atoms in total. The van der Waals surface area contributed by atoms with Crippen molar-refractivity contribution in [3.63, 3.8) is 0 Å². The number of nitrogens with one attached hydrogen (secondary N) is 1. The molecule has 1 unspecified atom stereocenters. The Balaban J connectivity index is 1.50. The van der Waals surface area contributed by atoms with Crippen LogP contribution in [-0.2, 0) is 9.59 Å². The lowest BCUT2D eigenvalue weighted by Crippen LogP contribution is -2.28. The standard InChI is InChI=1S/C19H17ClN6O2/c1-12-5-6-16(26-11-21-23-24-26)9-17(12)22-19(28)13-7-18(27)25(10-13)15-4-2-3-14(20)8-15/h2-6,8-9,11,13H,7,10H2,1H3,(H,22,28). The third-order valence-electron chi connectivity index (χ3n) is 4.71. The zero-order valence-corrected chi connectivity index (χ0v) is 15.8. The number of carbonyl (C=O) groups is 2. The van der Waals surface area contributed by atoms with Crippen molar-refractivity contribution in [3.8, 4) is 5.69 Å². The zero-order chi connectivity index (χ0) is 19.7. The summed E-state index contributed by atoms with van der Waals surface area (Å²) in [5, 5.41) is 14.6. The molecule has 2 heterocycles. The van der Waals surface area contributed by atoms with Crippen LogP contribution in [0.1, 0.15) is 12.0 Å². The number of aryl methyl sites for hydroxylation is 1. The van der Waals surface area contributed by atoms with Crippen LogP contribution in [-0.4, -0.2) is 38.6 Å². The SMILES string of the molecule is Cc1ccc(-n2cnnn2)cc1NC(=O)C1CC(=O)N(c2cccc(Cl)c2)C1. The van der Waals surface area contributed by atoms with E-state index in [1.807, 2.05) is 25.1 Å². The number of anilines is 2.